The van der Waals surface area contributed by atoms with E-state index < -0.39 is 0 Å². The number of rotatable bonds is 1. The first kappa shape index (κ1) is 10.5. The summed E-state index contributed by atoms with van der Waals surface area (Å²) in [5.74, 6) is 0.729. The standard InChI is InChI=1S/C11H13FN2S/c1-11(2)7-15-10(14-11)13-9-5-3-4-8(12)6-9/h3-6H,7H2,1-2H3,(H,13,14). The number of hydrogen-bond acceptors (Lipinski definition) is 3. The van der Waals surface area contributed by atoms with E-state index in [9.17, 15) is 4.39 Å². The molecule has 0 saturated carbocycles. The summed E-state index contributed by atoms with van der Waals surface area (Å²) in [6.07, 6.45) is 0. The first-order chi connectivity index (χ1) is 7.05. The smallest absolute Gasteiger partial charge is 0.161 e. The average Bonchev–Trinajstić information content (AvgIpc) is 2.45. The Morgan fingerprint density at radius 1 is 1.47 bits per heavy atom. The third-order valence-electron chi connectivity index (χ3n) is 2.04. The quantitative estimate of drug-likeness (QED) is 0.792. The Morgan fingerprint density at radius 2 is 2.27 bits per heavy atom. The van der Waals surface area contributed by atoms with Crippen LogP contribution in [-0.4, -0.2) is 16.5 Å². The molecule has 2 nitrogen and oxygen atoms in total. The van der Waals surface area contributed by atoms with Gasteiger partial charge in [0.2, 0.25) is 0 Å². The number of nitrogens with one attached hydrogen (secondary N) is 1. The van der Waals surface area contributed by atoms with Gasteiger partial charge in [-0.05, 0) is 32.0 Å². The zero-order chi connectivity index (χ0) is 10.9. The van der Waals surface area contributed by atoms with Crippen LogP contribution in [-0.2, 0) is 0 Å². The Kier molecular flexibility index (Phi) is 2.69. The van der Waals surface area contributed by atoms with Crippen molar-refractivity contribution < 1.29 is 4.39 Å². The van der Waals surface area contributed by atoms with Gasteiger partial charge in [0.1, 0.15) is 5.82 Å². The molecule has 0 fully saturated rings. The molecule has 1 N–H and O–H groups in total. The number of aliphatic imine (C=N–C) groups is 1. The number of halogens is 1. The number of benzene rings is 1. The van der Waals surface area contributed by atoms with Crippen molar-refractivity contribution in [3.05, 3.63) is 30.1 Å². The van der Waals surface area contributed by atoms with Crippen LogP contribution in [0.1, 0.15) is 13.8 Å². The molecule has 0 bridgehead atoms. The van der Waals surface area contributed by atoms with Crippen LogP contribution in [0.2, 0.25) is 0 Å². The Labute approximate surface area is 93.0 Å². The van der Waals surface area contributed by atoms with Crippen LogP contribution in [0.15, 0.2) is 29.3 Å². The van der Waals surface area contributed by atoms with Gasteiger partial charge in [-0.15, -0.1) is 0 Å². The van der Waals surface area contributed by atoms with Gasteiger partial charge in [0.15, 0.2) is 5.17 Å². The Morgan fingerprint density at radius 3 is 2.87 bits per heavy atom. The summed E-state index contributed by atoms with van der Waals surface area (Å²) in [5, 5.41) is 3.98. The zero-order valence-corrected chi connectivity index (χ0v) is 9.57. The fourth-order valence-corrected chi connectivity index (χ4v) is 2.39. The van der Waals surface area contributed by atoms with Crippen molar-refractivity contribution in [3.63, 3.8) is 0 Å². The molecule has 0 aromatic heterocycles. The summed E-state index contributed by atoms with van der Waals surface area (Å²) in [7, 11) is 0. The molecule has 0 aliphatic carbocycles. The lowest BCUT2D eigenvalue weighted by Crippen LogP contribution is -2.15. The lowest BCUT2D eigenvalue weighted by Gasteiger charge is -2.09. The minimum Gasteiger partial charge on any atom is -0.335 e. The van der Waals surface area contributed by atoms with Crippen LogP contribution >= 0.6 is 11.8 Å². The van der Waals surface area contributed by atoms with Crippen LogP contribution in [0.25, 0.3) is 0 Å². The molecule has 0 saturated heterocycles. The average molecular weight is 224 g/mol. The first-order valence-corrected chi connectivity index (χ1v) is 5.79. The number of hydrogen-bond donors (Lipinski definition) is 1. The number of anilines is 1. The van der Waals surface area contributed by atoms with Gasteiger partial charge in [-0.1, -0.05) is 17.8 Å². The molecular weight excluding hydrogens is 211 g/mol. The second kappa shape index (κ2) is 3.85. The number of thioether (sulfide) groups is 1. The maximum absolute atomic E-state index is 12.9. The summed E-state index contributed by atoms with van der Waals surface area (Å²) in [4.78, 5) is 4.49. The molecule has 1 aliphatic heterocycles. The predicted octanol–water partition coefficient (Wildman–Crippen LogP) is 3.12. The molecule has 80 valence electrons. The number of nitrogens with zero attached hydrogens (tertiary/aromatic N) is 1. The second-order valence-corrected chi connectivity index (χ2v) is 5.12. The summed E-state index contributed by atoms with van der Waals surface area (Å²) in [5.41, 5.74) is 0.735. The van der Waals surface area contributed by atoms with E-state index in [2.05, 4.69) is 24.2 Å². The molecular formula is C11H13FN2S. The molecule has 4 heteroatoms. The summed E-state index contributed by atoms with van der Waals surface area (Å²) in [6, 6.07) is 6.41. The molecule has 1 aromatic rings. The van der Waals surface area contributed by atoms with Gasteiger partial charge < -0.3 is 5.32 Å². The summed E-state index contributed by atoms with van der Waals surface area (Å²) < 4.78 is 12.9. The van der Waals surface area contributed by atoms with E-state index in [4.69, 9.17) is 0 Å². The van der Waals surface area contributed by atoms with E-state index in [1.54, 1.807) is 17.8 Å². The zero-order valence-electron chi connectivity index (χ0n) is 8.75. The molecule has 2 rings (SSSR count). The molecule has 0 amide bonds. The molecule has 0 atom stereocenters. The predicted molar refractivity (Wildman–Crippen MR) is 64.0 cm³/mol. The SMILES string of the molecule is CC1(C)CSC(Nc2cccc(F)c2)=N1. The van der Waals surface area contributed by atoms with Crippen LogP contribution < -0.4 is 5.32 Å². The van der Waals surface area contributed by atoms with Crippen molar-refractivity contribution in [2.75, 3.05) is 11.1 Å². The maximum atomic E-state index is 12.9. The molecule has 1 heterocycles. The minimum absolute atomic E-state index is 0.0136. The van der Waals surface area contributed by atoms with E-state index in [0.29, 0.717) is 0 Å². The molecule has 15 heavy (non-hydrogen) atoms. The third kappa shape index (κ3) is 2.72. The molecule has 1 aliphatic rings. The van der Waals surface area contributed by atoms with Gasteiger partial charge in [0, 0.05) is 11.4 Å². The third-order valence-corrected chi connectivity index (χ3v) is 3.36. The highest BCUT2D eigenvalue weighted by Gasteiger charge is 2.25. The Hall–Kier alpha value is -1.03. The second-order valence-electron chi connectivity index (χ2n) is 4.15. The van der Waals surface area contributed by atoms with E-state index in [-0.39, 0.29) is 11.4 Å². The van der Waals surface area contributed by atoms with E-state index in [1.807, 2.05) is 6.07 Å². The topological polar surface area (TPSA) is 24.4 Å². The fraction of sp³-hybridized carbons (Fsp3) is 0.364. The molecule has 1 aromatic carbocycles. The monoisotopic (exact) mass is 224 g/mol. The van der Waals surface area contributed by atoms with Crippen molar-refractivity contribution >= 4 is 22.6 Å². The van der Waals surface area contributed by atoms with Crippen molar-refractivity contribution in [3.8, 4) is 0 Å². The Balaban J connectivity index is 2.10. The highest BCUT2D eigenvalue weighted by molar-refractivity contribution is 8.14. The van der Waals surface area contributed by atoms with E-state index >= 15 is 0 Å². The van der Waals surface area contributed by atoms with Crippen molar-refractivity contribution in [1.82, 2.24) is 0 Å². The van der Waals surface area contributed by atoms with E-state index in [1.165, 1.54) is 12.1 Å². The van der Waals surface area contributed by atoms with Crippen molar-refractivity contribution in [2.45, 2.75) is 19.4 Å². The van der Waals surface area contributed by atoms with Crippen LogP contribution in [0.5, 0.6) is 0 Å². The lowest BCUT2D eigenvalue weighted by molar-refractivity contribution is 0.605. The van der Waals surface area contributed by atoms with Crippen molar-refractivity contribution in [2.24, 2.45) is 4.99 Å². The maximum Gasteiger partial charge on any atom is 0.161 e. The van der Waals surface area contributed by atoms with Gasteiger partial charge in [-0.3, -0.25) is 4.99 Å². The van der Waals surface area contributed by atoms with Gasteiger partial charge in [-0.25, -0.2) is 4.39 Å². The summed E-state index contributed by atoms with van der Waals surface area (Å²) in [6.45, 7) is 4.17. The van der Waals surface area contributed by atoms with Gasteiger partial charge >= 0.3 is 0 Å². The normalized spacial score (nSPS) is 18.7. The van der Waals surface area contributed by atoms with Crippen LogP contribution in [0, 0.1) is 5.82 Å². The lowest BCUT2D eigenvalue weighted by atomic mass is 10.1. The first-order valence-electron chi connectivity index (χ1n) is 4.80. The molecule has 0 spiro atoms. The molecule has 0 unspecified atom stereocenters. The van der Waals surface area contributed by atoms with Crippen LogP contribution in [0.3, 0.4) is 0 Å². The van der Waals surface area contributed by atoms with E-state index in [0.717, 1.165) is 16.6 Å². The van der Waals surface area contributed by atoms with Gasteiger partial charge in [0.05, 0.1) is 5.54 Å². The Bertz CT molecular complexity index is 401. The van der Waals surface area contributed by atoms with Gasteiger partial charge in [0.25, 0.3) is 0 Å². The molecule has 0 radical (unpaired) electrons. The highest BCUT2D eigenvalue weighted by atomic mass is 32.2. The summed E-state index contributed by atoms with van der Waals surface area (Å²) >= 11 is 1.67. The number of amidine groups is 1. The largest absolute Gasteiger partial charge is 0.335 e. The fourth-order valence-electron chi connectivity index (χ4n) is 1.34. The minimum atomic E-state index is -0.233. The highest BCUT2D eigenvalue weighted by Crippen LogP contribution is 2.27. The van der Waals surface area contributed by atoms with Crippen LogP contribution in [0.4, 0.5) is 10.1 Å². The van der Waals surface area contributed by atoms with Crippen molar-refractivity contribution in [1.29, 1.82) is 0 Å². The van der Waals surface area contributed by atoms with Gasteiger partial charge in [-0.2, -0.15) is 0 Å².